The van der Waals surface area contributed by atoms with E-state index in [4.69, 9.17) is 33.9 Å². The van der Waals surface area contributed by atoms with Crippen molar-refractivity contribution in [1.82, 2.24) is 19.7 Å². The molecule has 0 aliphatic carbocycles. The van der Waals surface area contributed by atoms with Gasteiger partial charge in [-0.15, -0.1) is 0 Å². The SMILES string of the molecule is COc1ccc(-n2nc(C)c(C)c2Nc2ccnc(Nc3cc(OC)c(OC)c(OC)c3)n2)cc1.O=C(O)C(F)(F)F. The van der Waals surface area contributed by atoms with Crippen molar-refractivity contribution in [2.45, 2.75) is 20.0 Å². The maximum atomic E-state index is 10.6. The molecule has 0 bridgehead atoms. The Morgan fingerprint density at radius 2 is 1.50 bits per heavy atom. The monoisotopic (exact) mass is 590 g/mol. The van der Waals surface area contributed by atoms with E-state index in [1.807, 2.05) is 42.8 Å². The molecule has 0 amide bonds. The molecule has 12 nitrogen and oxygen atoms in total. The molecule has 0 aliphatic rings. The molecule has 2 aromatic heterocycles. The maximum absolute atomic E-state index is 10.6. The highest BCUT2D eigenvalue weighted by Crippen LogP contribution is 2.40. The van der Waals surface area contributed by atoms with E-state index in [-0.39, 0.29) is 0 Å². The molecular formula is C27H29F3N6O6. The standard InChI is InChI=1S/C25H28N6O4.C2HF3O2/c1-15-16(2)30-31(18-7-9-19(32-3)10-8-18)24(15)28-22-11-12-26-25(29-22)27-17-13-20(33-4)23(35-6)21(14-17)34-5;3-2(4,5)1(6)7/h7-14H,1-6H3,(H2,26,27,28,29);(H,6,7). The summed E-state index contributed by atoms with van der Waals surface area (Å²) < 4.78 is 55.1. The van der Waals surface area contributed by atoms with Crippen LogP contribution >= 0.6 is 0 Å². The number of carboxylic acids is 1. The molecule has 0 saturated carbocycles. The van der Waals surface area contributed by atoms with Crippen LogP contribution < -0.4 is 29.6 Å². The summed E-state index contributed by atoms with van der Waals surface area (Å²) in [6, 6.07) is 13.1. The first-order valence-corrected chi connectivity index (χ1v) is 12.1. The van der Waals surface area contributed by atoms with Crippen LogP contribution in [0.4, 0.5) is 36.4 Å². The van der Waals surface area contributed by atoms with E-state index in [2.05, 4.69) is 20.6 Å². The summed E-state index contributed by atoms with van der Waals surface area (Å²) in [6.07, 6.45) is -3.41. The van der Waals surface area contributed by atoms with Crippen molar-refractivity contribution in [3.05, 3.63) is 59.9 Å². The summed E-state index contributed by atoms with van der Waals surface area (Å²) in [5.74, 6) is 1.40. The molecule has 0 spiro atoms. The number of ether oxygens (including phenoxy) is 4. The number of anilines is 4. The van der Waals surface area contributed by atoms with Gasteiger partial charge < -0.3 is 34.7 Å². The molecule has 3 N–H and O–H groups in total. The summed E-state index contributed by atoms with van der Waals surface area (Å²) >= 11 is 0. The van der Waals surface area contributed by atoms with E-state index in [0.29, 0.717) is 34.7 Å². The normalized spacial score (nSPS) is 10.7. The lowest BCUT2D eigenvalue weighted by Crippen LogP contribution is -2.21. The summed E-state index contributed by atoms with van der Waals surface area (Å²) in [4.78, 5) is 17.9. The second kappa shape index (κ2) is 13.4. The second-order valence-electron chi connectivity index (χ2n) is 8.40. The Hall–Kier alpha value is -5.21. The largest absolute Gasteiger partial charge is 0.497 e. The van der Waals surface area contributed by atoms with Gasteiger partial charge in [0.2, 0.25) is 11.7 Å². The fraction of sp³-hybridized carbons (Fsp3) is 0.259. The Morgan fingerprint density at radius 1 is 0.905 bits per heavy atom. The molecule has 0 aliphatic heterocycles. The molecule has 0 fully saturated rings. The third-order valence-corrected chi connectivity index (χ3v) is 5.74. The van der Waals surface area contributed by atoms with E-state index in [1.165, 1.54) is 0 Å². The molecule has 4 rings (SSSR count). The Labute approximate surface area is 239 Å². The lowest BCUT2D eigenvalue weighted by atomic mass is 10.2. The first-order valence-electron chi connectivity index (χ1n) is 12.1. The van der Waals surface area contributed by atoms with Gasteiger partial charge in [0, 0.05) is 29.6 Å². The van der Waals surface area contributed by atoms with Gasteiger partial charge in [0.25, 0.3) is 0 Å². The third kappa shape index (κ3) is 7.50. The van der Waals surface area contributed by atoms with Crippen LogP contribution in [-0.2, 0) is 4.79 Å². The molecular weight excluding hydrogens is 561 g/mol. The topological polar surface area (TPSA) is 142 Å². The smallest absolute Gasteiger partial charge is 0.490 e. The highest BCUT2D eigenvalue weighted by atomic mass is 19.4. The number of alkyl halides is 3. The predicted octanol–water partition coefficient (Wildman–Crippen LogP) is 5.43. The number of aryl methyl sites for hydroxylation is 1. The fourth-order valence-corrected chi connectivity index (χ4v) is 3.55. The number of carbonyl (C=O) groups is 1. The lowest BCUT2D eigenvalue weighted by molar-refractivity contribution is -0.192. The second-order valence-corrected chi connectivity index (χ2v) is 8.40. The number of nitrogens with one attached hydrogen (secondary N) is 2. The Kier molecular flexibility index (Phi) is 10.0. The summed E-state index contributed by atoms with van der Waals surface area (Å²) in [5, 5.41) is 18.4. The molecule has 0 radical (unpaired) electrons. The van der Waals surface area contributed by atoms with Crippen LogP contribution in [0.2, 0.25) is 0 Å². The number of halogens is 3. The van der Waals surface area contributed by atoms with Crippen LogP contribution in [0.5, 0.6) is 23.0 Å². The lowest BCUT2D eigenvalue weighted by Gasteiger charge is -2.15. The number of methoxy groups -OCH3 is 4. The predicted molar refractivity (Wildman–Crippen MR) is 148 cm³/mol. The molecule has 2 aromatic carbocycles. The average molecular weight is 591 g/mol. The minimum absolute atomic E-state index is 0.397. The quantitative estimate of drug-likeness (QED) is 0.230. The van der Waals surface area contributed by atoms with Crippen molar-refractivity contribution in [1.29, 1.82) is 0 Å². The van der Waals surface area contributed by atoms with Gasteiger partial charge in [0.05, 0.1) is 39.8 Å². The molecule has 0 unspecified atom stereocenters. The molecule has 2 heterocycles. The molecule has 15 heteroatoms. The van der Waals surface area contributed by atoms with Crippen molar-refractivity contribution in [3.8, 4) is 28.7 Å². The number of aliphatic carboxylic acids is 1. The maximum Gasteiger partial charge on any atom is 0.490 e. The highest BCUT2D eigenvalue weighted by molar-refractivity contribution is 5.73. The van der Waals surface area contributed by atoms with Crippen LogP contribution in [0.25, 0.3) is 5.69 Å². The van der Waals surface area contributed by atoms with Crippen LogP contribution in [0.15, 0.2) is 48.7 Å². The summed E-state index contributed by atoms with van der Waals surface area (Å²) in [7, 11) is 6.34. The van der Waals surface area contributed by atoms with Gasteiger partial charge in [-0.3, -0.25) is 0 Å². The summed E-state index contributed by atoms with van der Waals surface area (Å²) in [5.41, 5.74) is 3.51. The zero-order valence-corrected chi connectivity index (χ0v) is 23.5. The van der Waals surface area contributed by atoms with E-state index >= 15 is 0 Å². The van der Waals surface area contributed by atoms with Crippen LogP contribution in [0.3, 0.4) is 0 Å². The zero-order chi connectivity index (χ0) is 31.0. The minimum atomic E-state index is -5.08. The number of hydrogen-bond donors (Lipinski definition) is 3. The highest BCUT2D eigenvalue weighted by Gasteiger charge is 2.38. The Morgan fingerprint density at radius 3 is 2.00 bits per heavy atom. The van der Waals surface area contributed by atoms with E-state index < -0.39 is 12.1 Å². The summed E-state index contributed by atoms with van der Waals surface area (Å²) in [6.45, 7) is 3.99. The van der Waals surface area contributed by atoms with Crippen molar-refractivity contribution in [2.75, 3.05) is 39.1 Å². The van der Waals surface area contributed by atoms with E-state index in [1.54, 1.807) is 52.8 Å². The number of benzene rings is 2. The Bertz CT molecular complexity index is 1500. The van der Waals surface area contributed by atoms with Crippen molar-refractivity contribution < 1.29 is 42.0 Å². The first-order chi connectivity index (χ1) is 19.9. The molecule has 42 heavy (non-hydrogen) atoms. The number of nitrogens with zero attached hydrogens (tertiary/aromatic N) is 4. The van der Waals surface area contributed by atoms with Crippen LogP contribution in [0.1, 0.15) is 11.3 Å². The van der Waals surface area contributed by atoms with Gasteiger partial charge in [-0.05, 0) is 44.2 Å². The number of hydrogen-bond acceptors (Lipinski definition) is 10. The molecule has 224 valence electrons. The van der Waals surface area contributed by atoms with Crippen LogP contribution in [-0.4, -0.2) is 65.4 Å². The third-order valence-electron chi connectivity index (χ3n) is 5.74. The number of aromatic nitrogens is 4. The van der Waals surface area contributed by atoms with E-state index in [9.17, 15) is 13.2 Å². The minimum Gasteiger partial charge on any atom is -0.497 e. The van der Waals surface area contributed by atoms with Gasteiger partial charge in [-0.25, -0.2) is 14.5 Å². The van der Waals surface area contributed by atoms with Gasteiger partial charge >= 0.3 is 12.1 Å². The van der Waals surface area contributed by atoms with Gasteiger partial charge in [0.15, 0.2) is 11.5 Å². The van der Waals surface area contributed by atoms with E-state index in [0.717, 1.165) is 28.5 Å². The van der Waals surface area contributed by atoms with Crippen LogP contribution in [0, 0.1) is 13.8 Å². The van der Waals surface area contributed by atoms with Gasteiger partial charge in [0.1, 0.15) is 17.4 Å². The molecule has 0 atom stereocenters. The van der Waals surface area contributed by atoms with Gasteiger partial charge in [-0.2, -0.15) is 23.3 Å². The van der Waals surface area contributed by atoms with Gasteiger partial charge in [-0.1, -0.05) is 0 Å². The van der Waals surface area contributed by atoms with Crippen molar-refractivity contribution in [2.24, 2.45) is 0 Å². The zero-order valence-electron chi connectivity index (χ0n) is 23.5. The number of rotatable bonds is 9. The number of carboxylic acid groups (broad SMARTS) is 1. The van der Waals surface area contributed by atoms with Crippen molar-refractivity contribution in [3.63, 3.8) is 0 Å². The average Bonchev–Trinajstić information content (AvgIpc) is 3.25. The Balaban J connectivity index is 0.000000616. The van der Waals surface area contributed by atoms with Crippen molar-refractivity contribution >= 4 is 29.2 Å². The first kappa shape index (κ1) is 31.3. The fourth-order valence-electron chi connectivity index (χ4n) is 3.55. The molecule has 4 aromatic rings. The molecule has 0 saturated heterocycles.